The molecule has 18 heavy (non-hydrogen) atoms. The number of hydrogen-bond donors (Lipinski definition) is 0. The summed E-state index contributed by atoms with van der Waals surface area (Å²) < 4.78 is 10.3. The fourth-order valence-corrected chi connectivity index (χ4v) is 1.70. The Bertz CT molecular complexity index is 341. The lowest BCUT2D eigenvalue weighted by Crippen LogP contribution is -2.40. The topological polar surface area (TPSA) is 65.1 Å². The predicted molar refractivity (Wildman–Crippen MR) is 63.1 cm³/mol. The molecule has 0 aromatic heterocycles. The van der Waals surface area contributed by atoms with Crippen molar-refractivity contribution in [2.24, 2.45) is 5.92 Å². The molecule has 6 nitrogen and oxygen atoms in total. The number of rotatable bonds is 5. The summed E-state index contributed by atoms with van der Waals surface area (Å²) in [6, 6.07) is 0. The largest absolute Gasteiger partial charge is 0.483 e. The molecule has 1 fully saturated rings. The van der Waals surface area contributed by atoms with Gasteiger partial charge in [0.1, 0.15) is 0 Å². The number of hydroxylamine groups is 2. The monoisotopic (exact) mass is 257 g/mol. The van der Waals surface area contributed by atoms with Crippen LogP contribution in [0.1, 0.15) is 19.8 Å². The molecular formula is C12H19NO5. The van der Waals surface area contributed by atoms with Gasteiger partial charge >= 0.3 is 5.97 Å². The summed E-state index contributed by atoms with van der Waals surface area (Å²) in [6.45, 7) is 5.85. The van der Waals surface area contributed by atoms with E-state index in [1.807, 2.05) is 6.92 Å². The van der Waals surface area contributed by atoms with Crippen LogP contribution in [0, 0.1) is 5.92 Å². The summed E-state index contributed by atoms with van der Waals surface area (Å²) >= 11 is 0. The predicted octanol–water partition coefficient (Wildman–Crippen LogP) is 0.878. The van der Waals surface area contributed by atoms with Gasteiger partial charge in [-0.2, -0.15) is 0 Å². The molecule has 0 saturated carbocycles. The summed E-state index contributed by atoms with van der Waals surface area (Å²) in [4.78, 5) is 28.6. The minimum atomic E-state index is -0.922. The van der Waals surface area contributed by atoms with Gasteiger partial charge in [-0.25, -0.2) is 9.86 Å². The van der Waals surface area contributed by atoms with Crippen LogP contribution in [0.3, 0.4) is 0 Å². The lowest BCUT2D eigenvalue weighted by Gasteiger charge is -2.20. The van der Waals surface area contributed by atoms with Crippen molar-refractivity contribution in [1.82, 2.24) is 5.06 Å². The number of hydrogen-bond acceptors (Lipinski definition) is 5. The lowest BCUT2D eigenvalue weighted by molar-refractivity contribution is -0.178. The highest BCUT2D eigenvalue weighted by molar-refractivity contribution is 5.87. The van der Waals surface area contributed by atoms with E-state index in [0.29, 0.717) is 18.8 Å². The van der Waals surface area contributed by atoms with Crippen molar-refractivity contribution in [2.45, 2.75) is 25.9 Å². The molecule has 0 bridgehead atoms. The van der Waals surface area contributed by atoms with Gasteiger partial charge in [0.05, 0.1) is 25.4 Å². The third-order valence-corrected chi connectivity index (χ3v) is 2.69. The second-order valence-corrected chi connectivity index (χ2v) is 4.07. The van der Waals surface area contributed by atoms with E-state index < -0.39 is 18.0 Å². The van der Waals surface area contributed by atoms with Crippen LogP contribution in [-0.4, -0.2) is 43.8 Å². The smallest absolute Gasteiger partial charge is 0.348 e. The molecular weight excluding hydrogens is 238 g/mol. The van der Waals surface area contributed by atoms with E-state index in [0.717, 1.165) is 11.5 Å². The zero-order valence-corrected chi connectivity index (χ0v) is 11.0. The van der Waals surface area contributed by atoms with Gasteiger partial charge in [-0.15, -0.1) is 0 Å². The maximum absolute atomic E-state index is 12.0. The van der Waals surface area contributed by atoms with Gasteiger partial charge in [-0.3, -0.25) is 9.63 Å². The standard InChI is InChI=1S/C12H19NO5/c1-5-6-17-12(15)10-9(7-8(2)18-10)11(14)13(3)16-4/h9-10H,2,5-7H2,1,3-4H3/t9-,10+/m0/s1. The zero-order valence-electron chi connectivity index (χ0n) is 11.0. The first-order valence-electron chi connectivity index (χ1n) is 5.84. The summed E-state index contributed by atoms with van der Waals surface area (Å²) in [5.41, 5.74) is 0. The minimum absolute atomic E-state index is 0.304. The highest BCUT2D eigenvalue weighted by Gasteiger charge is 2.44. The van der Waals surface area contributed by atoms with E-state index in [1.165, 1.54) is 14.2 Å². The third kappa shape index (κ3) is 3.22. The lowest BCUT2D eigenvalue weighted by atomic mass is 10.00. The molecule has 1 aliphatic heterocycles. The summed E-state index contributed by atoms with van der Waals surface area (Å²) in [6.07, 6.45) is 0.100. The van der Waals surface area contributed by atoms with Crippen molar-refractivity contribution in [1.29, 1.82) is 0 Å². The van der Waals surface area contributed by atoms with Gasteiger partial charge in [0.25, 0.3) is 5.91 Å². The van der Waals surface area contributed by atoms with Crippen molar-refractivity contribution in [3.63, 3.8) is 0 Å². The Labute approximate surface area is 106 Å². The highest BCUT2D eigenvalue weighted by atomic mass is 16.7. The van der Waals surface area contributed by atoms with Crippen LogP contribution in [0.15, 0.2) is 12.3 Å². The second-order valence-electron chi connectivity index (χ2n) is 4.07. The fraction of sp³-hybridized carbons (Fsp3) is 0.667. The SMILES string of the molecule is C=C1C[C@H](C(=O)N(C)OC)[C@H](C(=O)OCCC)O1. The molecule has 0 aromatic rings. The number of amides is 1. The summed E-state index contributed by atoms with van der Waals surface area (Å²) in [7, 11) is 2.87. The van der Waals surface area contributed by atoms with Crippen molar-refractivity contribution in [2.75, 3.05) is 20.8 Å². The quantitative estimate of drug-likeness (QED) is 0.540. The first kappa shape index (κ1) is 14.5. The molecule has 1 saturated heterocycles. The van der Waals surface area contributed by atoms with Crippen molar-refractivity contribution in [3.8, 4) is 0 Å². The van der Waals surface area contributed by atoms with E-state index in [-0.39, 0.29) is 5.91 Å². The van der Waals surface area contributed by atoms with Gasteiger partial charge in [-0.05, 0) is 6.42 Å². The molecule has 102 valence electrons. The van der Waals surface area contributed by atoms with Gasteiger partial charge in [0.2, 0.25) is 6.10 Å². The van der Waals surface area contributed by atoms with Crippen molar-refractivity contribution >= 4 is 11.9 Å². The first-order valence-corrected chi connectivity index (χ1v) is 5.84. The zero-order chi connectivity index (χ0) is 13.7. The van der Waals surface area contributed by atoms with Crippen LogP contribution >= 0.6 is 0 Å². The van der Waals surface area contributed by atoms with Crippen LogP contribution in [-0.2, 0) is 23.9 Å². The molecule has 2 atom stereocenters. The number of esters is 1. The van der Waals surface area contributed by atoms with Crippen molar-refractivity contribution in [3.05, 3.63) is 12.3 Å². The van der Waals surface area contributed by atoms with E-state index >= 15 is 0 Å². The van der Waals surface area contributed by atoms with Gasteiger partial charge < -0.3 is 9.47 Å². The molecule has 6 heteroatoms. The molecule has 1 heterocycles. The van der Waals surface area contributed by atoms with Crippen LogP contribution < -0.4 is 0 Å². The Morgan fingerprint density at radius 2 is 2.22 bits per heavy atom. The summed E-state index contributed by atoms with van der Waals surface area (Å²) in [5.74, 6) is -1.07. The molecule has 0 spiro atoms. The summed E-state index contributed by atoms with van der Waals surface area (Å²) in [5, 5.41) is 1.08. The first-order chi connectivity index (χ1) is 8.51. The molecule has 1 rings (SSSR count). The van der Waals surface area contributed by atoms with Crippen LogP contribution in [0.4, 0.5) is 0 Å². The van der Waals surface area contributed by atoms with Crippen LogP contribution in [0.5, 0.6) is 0 Å². The molecule has 0 aromatic carbocycles. The van der Waals surface area contributed by atoms with E-state index in [4.69, 9.17) is 14.3 Å². The maximum Gasteiger partial charge on any atom is 0.348 e. The molecule has 0 N–H and O–H groups in total. The molecule has 0 radical (unpaired) electrons. The minimum Gasteiger partial charge on any atom is -0.483 e. The molecule has 1 aliphatic rings. The van der Waals surface area contributed by atoms with E-state index in [1.54, 1.807) is 0 Å². The molecule has 0 unspecified atom stereocenters. The van der Waals surface area contributed by atoms with E-state index in [2.05, 4.69) is 6.58 Å². The average Bonchev–Trinajstić information content (AvgIpc) is 2.76. The fourth-order valence-electron chi connectivity index (χ4n) is 1.70. The average molecular weight is 257 g/mol. The molecule has 1 amide bonds. The van der Waals surface area contributed by atoms with Gasteiger partial charge in [0.15, 0.2) is 0 Å². The Hall–Kier alpha value is -1.56. The number of allylic oxidation sites excluding steroid dienone is 1. The van der Waals surface area contributed by atoms with Crippen molar-refractivity contribution < 1.29 is 23.9 Å². The Morgan fingerprint density at radius 1 is 1.56 bits per heavy atom. The Morgan fingerprint density at radius 3 is 2.78 bits per heavy atom. The van der Waals surface area contributed by atoms with Crippen LogP contribution in [0.2, 0.25) is 0 Å². The van der Waals surface area contributed by atoms with Crippen LogP contribution in [0.25, 0.3) is 0 Å². The number of carbonyl (C=O) groups excluding carboxylic acids is 2. The van der Waals surface area contributed by atoms with Gasteiger partial charge in [-0.1, -0.05) is 13.5 Å². The Kier molecular flexibility index (Phi) is 5.15. The number of carbonyl (C=O) groups is 2. The normalized spacial score (nSPS) is 22.5. The highest BCUT2D eigenvalue weighted by Crippen LogP contribution is 2.30. The Balaban J connectivity index is 2.72. The van der Waals surface area contributed by atoms with Gasteiger partial charge in [0, 0.05) is 13.5 Å². The maximum atomic E-state index is 12.0. The van der Waals surface area contributed by atoms with E-state index in [9.17, 15) is 9.59 Å². The molecule has 0 aliphatic carbocycles. The second kappa shape index (κ2) is 6.39. The number of ether oxygens (including phenoxy) is 2. The third-order valence-electron chi connectivity index (χ3n) is 2.69. The number of nitrogens with zero attached hydrogens (tertiary/aromatic N) is 1.